The molecule has 1 fully saturated rings. The third-order valence-electron chi connectivity index (χ3n) is 3.39. The van der Waals surface area contributed by atoms with Crippen LogP contribution in [0.1, 0.15) is 45.4 Å². The number of rotatable bonds is 6. The second-order valence-corrected chi connectivity index (χ2v) is 4.62. The summed E-state index contributed by atoms with van der Waals surface area (Å²) in [7, 11) is 0. The Hall–Kier alpha value is -0.410. The van der Waals surface area contributed by atoms with E-state index < -0.39 is 0 Å². The van der Waals surface area contributed by atoms with Crippen molar-refractivity contribution in [1.29, 1.82) is 0 Å². The van der Waals surface area contributed by atoms with Crippen molar-refractivity contribution in [2.45, 2.75) is 45.4 Å². The van der Waals surface area contributed by atoms with E-state index in [-0.39, 0.29) is 17.8 Å². The minimum atomic E-state index is 0.0897. The number of carbonyl (C=O) groups excluding carboxylic acids is 1. The smallest absolute Gasteiger partial charge is 0.159 e. The SMILES string of the molecule is CCOCC(=O)CC1(CN)CCCCC1. The maximum absolute atomic E-state index is 11.7. The molecule has 15 heavy (non-hydrogen) atoms. The number of ether oxygens (including phenoxy) is 1. The lowest BCUT2D eigenvalue weighted by Crippen LogP contribution is -2.35. The molecule has 1 rings (SSSR count). The van der Waals surface area contributed by atoms with Crippen LogP contribution in [0.5, 0.6) is 0 Å². The van der Waals surface area contributed by atoms with Crippen molar-refractivity contribution in [2.75, 3.05) is 19.8 Å². The van der Waals surface area contributed by atoms with Gasteiger partial charge < -0.3 is 10.5 Å². The zero-order chi connectivity index (χ0) is 11.1. The monoisotopic (exact) mass is 213 g/mol. The highest BCUT2D eigenvalue weighted by Crippen LogP contribution is 2.38. The Kier molecular flexibility index (Phi) is 5.26. The van der Waals surface area contributed by atoms with Gasteiger partial charge in [-0.1, -0.05) is 19.3 Å². The Balaban J connectivity index is 2.40. The molecule has 0 atom stereocenters. The Labute approximate surface area is 92.4 Å². The molecule has 0 heterocycles. The van der Waals surface area contributed by atoms with E-state index in [4.69, 9.17) is 10.5 Å². The summed E-state index contributed by atoms with van der Waals surface area (Å²) in [4.78, 5) is 11.7. The highest BCUT2D eigenvalue weighted by Gasteiger charge is 2.32. The minimum Gasteiger partial charge on any atom is -0.374 e. The van der Waals surface area contributed by atoms with E-state index in [2.05, 4.69) is 0 Å². The van der Waals surface area contributed by atoms with E-state index >= 15 is 0 Å². The van der Waals surface area contributed by atoms with Crippen molar-refractivity contribution < 1.29 is 9.53 Å². The van der Waals surface area contributed by atoms with E-state index in [1.165, 1.54) is 19.3 Å². The van der Waals surface area contributed by atoms with Crippen molar-refractivity contribution in [3.63, 3.8) is 0 Å². The van der Waals surface area contributed by atoms with Crippen LogP contribution in [-0.4, -0.2) is 25.5 Å². The van der Waals surface area contributed by atoms with Gasteiger partial charge in [0.15, 0.2) is 5.78 Å². The molecule has 0 saturated heterocycles. The Morgan fingerprint density at radius 2 is 2.00 bits per heavy atom. The Morgan fingerprint density at radius 1 is 1.33 bits per heavy atom. The van der Waals surface area contributed by atoms with Crippen LogP contribution in [0.4, 0.5) is 0 Å². The van der Waals surface area contributed by atoms with E-state index in [0.717, 1.165) is 12.8 Å². The summed E-state index contributed by atoms with van der Waals surface area (Å²) < 4.78 is 5.14. The molecule has 0 aromatic heterocycles. The lowest BCUT2D eigenvalue weighted by molar-refractivity contribution is -0.126. The third kappa shape index (κ3) is 3.92. The number of carbonyl (C=O) groups is 1. The van der Waals surface area contributed by atoms with Crippen molar-refractivity contribution in [2.24, 2.45) is 11.1 Å². The van der Waals surface area contributed by atoms with Crippen LogP contribution in [-0.2, 0) is 9.53 Å². The summed E-state index contributed by atoms with van der Waals surface area (Å²) in [6, 6.07) is 0. The summed E-state index contributed by atoms with van der Waals surface area (Å²) >= 11 is 0. The van der Waals surface area contributed by atoms with E-state index in [9.17, 15) is 4.79 Å². The minimum absolute atomic E-state index is 0.0897. The maximum Gasteiger partial charge on any atom is 0.159 e. The average molecular weight is 213 g/mol. The van der Waals surface area contributed by atoms with Gasteiger partial charge in [0.1, 0.15) is 6.61 Å². The van der Waals surface area contributed by atoms with Crippen LogP contribution in [0.15, 0.2) is 0 Å². The highest BCUT2D eigenvalue weighted by atomic mass is 16.5. The van der Waals surface area contributed by atoms with Gasteiger partial charge in [-0.05, 0) is 31.7 Å². The van der Waals surface area contributed by atoms with Gasteiger partial charge in [0.2, 0.25) is 0 Å². The van der Waals surface area contributed by atoms with Gasteiger partial charge in [-0.2, -0.15) is 0 Å². The van der Waals surface area contributed by atoms with E-state index in [1.54, 1.807) is 0 Å². The first-order chi connectivity index (χ1) is 7.22. The molecule has 0 amide bonds. The summed E-state index contributed by atoms with van der Waals surface area (Å²) in [6.45, 7) is 3.43. The van der Waals surface area contributed by atoms with Crippen LogP contribution in [0, 0.1) is 5.41 Å². The first-order valence-corrected chi connectivity index (χ1v) is 6.02. The molecule has 1 saturated carbocycles. The fourth-order valence-electron chi connectivity index (χ4n) is 2.44. The normalized spacial score (nSPS) is 20.1. The fourth-order valence-corrected chi connectivity index (χ4v) is 2.44. The molecule has 0 unspecified atom stereocenters. The van der Waals surface area contributed by atoms with E-state index in [0.29, 0.717) is 19.6 Å². The van der Waals surface area contributed by atoms with Gasteiger partial charge in [-0.25, -0.2) is 0 Å². The molecule has 0 aromatic carbocycles. The quantitative estimate of drug-likeness (QED) is 0.733. The van der Waals surface area contributed by atoms with Crippen molar-refractivity contribution in [3.05, 3.63) is 0 Å². The molecule has 0 spiro atoms. The molecule has 0 aliphatic heterocycles. The molecule has 1 aliphatic rings. The fraction of sp³-hybridized carbons (Fsp3) is 0.917. The van der Waals surface area contributed by atoms with Crippen LogP contribution >= 0.6 is 0 Å². The maximum atomic E-state index is 11.7. The second kappa shape index (κ2) is 6.23. The molecule has 0 bridgehead atoms. The lowest BCUT2D eigenvalue weighted by Gasteiger charge is -2.35. The second-order valence-electron chi connectivity index (χ2n) is 4.62. The number of hydrogen-bond acceptors (Lipinski definition) is 3. The van der Waals surface area contributed by atoms with Crippen LogP contribution in [0.3, 0.4) is 0 Å². The van der Waals surface area contributed by atoms with Gasteiger partial charge in [0, 0.05) is 13.0 Å². The summed E-state index contributed by atoms with van der Waals surface area (Å²) in [5.41, 5.74) is 5.91. The highest BCUT2D eigenvalue weighted by molar-refractivity contribution is 5.80. The molecular formula is C12H23NO2. The molecule has 1 aliphatic carbocycles. The zero-order valence-electron chi connectivity index (χ0n) is 9.76. The lowest BCUT2D eigenvalue weighted by atomic mass is 9.71. The van der Waals surface area contributed by atoms with Crippen molar-refractivity contribution in [1.82, 2.24) is 0 Å². The first kappa shape index (κ1) is 12.7. The molecule has 88 valence electrons. The Bertz CT molecular complexity index is 198. The van der Waals surface area contributed by atoms with Gasteiger partial charge in [-0.15, -0.1) is 0 Å². The summed E-state index contributed by atoms with van der Waals surface area (Å²) in [5.74, 6) is 0.212. The summed E-state index contributed by atoms with van der Waals surface area (Å²) in [5, 5.41) is 0. The number of hydrogen-bond donors (Lipinski definition) is 1. The molecule has 3 nitrogen and oxygen atoms in total. The van der Waals surface area contributed by atoms with Crippen molar-refractivity contribution >= 4 is 5.78 Å². The predicted molar refractivity (Wildman–Crippen MR) is 60.7 cm³/mol. The van der Waals surface area contributed by atoms with Gasteiger partial charge >= 0.3 is 0 Å². The van der Waals surface area contributed by atoms with Crippen LogP contribution in [0.25, 0.3) is 0 Å². The van der Waals surface area contributed by atoms with E-state index in [1.807, 2.05) is 6.92 Å². The molecular weight excluding hydrogens is 190 g/mol. The standard InChI is InChI=1S/C12H23NO2/c1-2-15-9-11(14)8-12(10-13)6-4-3-5-7-12/h2-10,13H2,1H3. The van der Waals surface area contributed by atoms with Crippen LogP contribution < -0.4 is 5.73 Å². The van der Waals surface area contributed by atoms with Gasteiger partial charge in [0.25, 0.3) is 0 Å². The first-order valence-electron chi connectivity index (χ1n) is 6.02. The number of ketones is 1. The summed E-state index contributed by atoms with van der Waals surface area (Å²) in [6.07, 6.45) is 6.58. The molecule has 3 heteroatoms. The topological polar surface area (TPSA) is 52.3 Å². The average Bonchev–Trinajstić information content (AvgIpc) is 2.27. The van der Waals surface area contributed by atoms with Crippen molar-refractivity contribution in [3.8, 4) is 0 Å². The largest absolute Gasteiger partial charge is 0.374 e. The third-order valence-corrected chi connectivity index (χ3v) is 3.39. The van der Waals surface area contributed by atoms with Gasteiger partial charge in [-0.3, -0.25) is 4.79 Å². The zero-order valence-corrected chi connectivity index (χ0v) is 9.76. The van der Waals surface area contributed by atoms with Gasteiger partial charge in [0.05, 0.1) is 0 Å². The molecule has 0 aromatic rings. The number of nitrogens with two attached hydrogens (primary N) is 1. The molecule has 2 N–H and O–H groups in total. The van der Waals surface area contributed by atoms with Crippen LogP contribution in [0.2, 0.25) is 0 Å². The number of Topliss-reactive ketones (excluding diaryl/α,β-unsaturated/α-hetero) is 1. The Morgan fingerprint density at radius 3 is 2.53 bits per heavy atom. The molecule has 0 radical (unpaired) electrons. The predicted octanol–water partition coefficient (Wildman–Crippen LogP) is 1.89.